The van der Waals surface area contributed by atoms with Crippen LogP contribution < -0.4 is 10.1 Å². The molecular formula is C17H15NO4. The Hall–Kier alpha value is -1.85. The number of hydrogen-bond acceptors (Lipinski definition) is 5. The predicted octanol–water partition coefficient (Wildman–Crippen LogP) is 0.179. The Morgan fingerprint density at radius 3 is 3.00 bits per heavy atom. The lowest BCUT2D eigenvalue weighted by molar-refractivity contribution is -0.130. The first kappa shape index (κ1) is 11.7. The number of aromatic hydroxyl groups is 1. The maximum absolute atomic E-state index is 12.5. The van der Waals surface area contributed by atoms with E-state index in [1.54, 1.807) is 12.1 Å². The Morgan fingerprint density at radius 1 is 1.36 bits per heavy atom. The number of benzene rings is 1. The third-order valence-corrected chi connectivity index (χ3v) is 6.71. The van der Waals surface area contributed by atoms with E-state index in [4.69, 9.17) is 4.74 Å². The fourth-order valence-corrected chi connectivity index (χ4v) is 5.99. The van der Waals surface area contributed by atoms with Crippen LogP contribution in [0.2, 0.25) is 0 Å². The monoisotopic (exact) mass is 297 g/mol. The second kappa shape index (κ2) is 2.96. The lowest BCUT2D eigenvalue weighted by atomic mass is 9.59. The number of ketones is 1. The molecule has 2 aliphatic heterocycles. The molecular weight excluding hydrogens is 282 g/mol. The van der Waals surface area contributed by atoms with Crippen molar-refractivity contribution in [2.75, 3.05) is 6.54 Å². The number of carbonyl (C=O) groups is 1. The molecule has 2 heterocycles. The molecule has 3 N–H and O–H groups in total. The van der Waals surface area contributed by atoms with E-state index in [1.165, 1.54) is 6.08 Å². The van der Waals surface area contributed by atoms with Crippen LogP contribution in [0.1, 0.15) is 17.5 Å². The maximum Gasteiger partial charge on any atom is 0.196 e. The highest BCUT2D eigenvalue weighted by atomic mass is 16.5. The van der Waals surface area contributed by atoms with Crippen molar-refractivity contribution in [3.05, 3.63) is 35.4 Å². The van der Waals surface area contributed by atoms with Gasteiger partial charge in [-0.3, -0.25) is 4.79 Å². The summed E-state index contributed by atoms with van der Waals surface area (Å²) in [6.07, 6.45) is 3.98. The molecule has 1 aromatic carbocycles. The Bertz CT molecular complexity index is 817. The highest BCUT2D eigenvalue weighted by molar-refractivity contribution is 5.99. The normalized spacial score (nSPS) is 48.5. The van der Waals surface area contributed by atoms with Crippen LogP contribution >= 0.6 is 0 Å². The van der Waals surface area contributed by atoms with Crippen molar-refractivity contribution in [3.8, 4) is 11.5 Å². The summed E-state index contributed by atoms with van der Waals surface area (Å²) in [6, 6.07) is 3.50. The fraction of sp³-hybridized carbons (Fsp3) is 0.471. The molecule has 1 aromatic rings. The largest absolute Gasteiger partial charge is 0.504 e. The van der Waals surface area contributed by atoms with Crippen LogP contribution in [0.5, 0.6) is 11.5 Å². The minimum atomic E-state index is -1.13. The first-order valence-electron chi connectivity index (χ1n) is 7.73. The zero-order chi connectivity index (χ0) is 14.9. The van der Waals surface area contributed by atoms with Gasteiger partial charge in [0, 0.05) is 23.6 Å². The minimum absolute atomic E-state index is 0.0170. The zero-order valence-electron chi connectivity index (χ0n) is 11.8. The van der Waals surface area contributed by atoms with E-state index in [-0.39, 0.29) is 23.0 Å². The van der Waals surface area contributed by atoms with Gasteiger partial charge in [0.25, 0.3) is 0 Å². The Kier molecular flexibility index (Phi) is 1.57. The molecule has 5 heteroatoms. The molecule has 6 rings (SSSR count). The van der Waals surface area contributed by atoms with Crippen LogP contribution in [-0.4, -0.2) is 40.3 Å². The zero-order valence-corrected chi connectivity index (χ0v) is 11.8. The van der Waals surface area contributed by atoms with Gasteiger partial charge < -0.3 is 20.3 Å². The molecule has 5 aliphatic rings. The third kappa shape index (κ3) is 0.852. The number of nitrogens with one attached hydrogen (secondary N) is 1. The van der Waals surface area contributed by atoms with Gasteiger partial charge in [-0.2, -0.15) is 0 Å². The van der Waals surface area contributed by atoms with E-state index in [2.05, 4.69) is 5.32 Å². The maximum atomic E-state index is 12.5. The number of rotatable bonds is 0. The molecule has 112 valence electrons. The predicted molar refractivity (Wildman–Crippen MR) is 75.8 cm³/mol. The van der Waals surface area contributed by atoms with Crippen molar-refractivity contribution in [3.63, 3.8) is 0 Å². The van der Waals surface area contributed by atoms with Crippen LogP contribution in [0.15, 0.2) is 24.3 Å². The summed E-state index contributed by atoms with van der Waals surface area (Å²) in [4.78, 5) is 12.5. The molecule has 1 unspecified atom stereocenters. The van der Waals surface area contributed by atoms with Crippen LogP contribution in [0.4, 0.5) is 0 Å². The highest BCUT2D eigenvalue weighted by Crippen LogP contribution is 2.71. The van der Waals surface area contributed by atoms with Gasteiger partial charge in [-0.05, 0) is 36.6 Å². The van der Waals surface area contributed by atoms with E-state index in [0.717, 1.165) is 30.5 Å². The minimum Gasteiger partial charge on any atom is -0.504 e. The smallest absolute Gasteiger partial charge is 0.196 e. The molecule has 0 radical (unpaired) electrons. The average Bonchev–Trinajstić information content (AvgIpc) is 2.89. The van der Waals surface area contributed by atoms with Crippen LogP contribution in [0.3, 0.4) is 0 Å². The van der Waals surface area contributed by atoms with Gasteiger partial charge >= 0.3 is 0 Å². The first-order chi connectivity index (χ1) is 10.5. The topological polar surface area (TPSA) is 78.8 Å². The Labute approximate surface area is 126 Å². The second-order valence-corrected chi connectivity index (χ2v) is 7.51. The van der Waals surface area contributed by atoms with Crippen molar-refractivity contribution < 1.29 is 19.7 Å². The van der Waals surface area contributed by atoms with Crippen LogP contribution in [0.25, 0.3) is 0 Å². The molecule has 0 amide bonds. The summed E-state index contributed by atoms with van der Waals surface area (Å²) in [5.41, 5.74) is 0.0613. The molecule has 0 aromatic heterocycles. The molecule has 1 saturated heterocycles. The van der Waals surface area contributed by atoms with E-state index in [0.29, 0.717) is 5.75 Å². The SMILES string of the molecule is O=C1C=C[C@@]2(O)[C@@H]3NCC34Cc3ccc(O)c5c3[C@@]2(C4)[C@H]1O5. The first-order valence-corrected chi connectivity index (χ1v) is 7.73. The summed E-state index contributed by atoms with van der Waals surface area (Å²) >= 11 is 0. The number of fused-ring (bicyclic) bond motifs is 1. The summed E-state index contributed by atoms with van der Waals surface area (Å²) in [7, 11) is 0. The Morgan fingerprint density at radius 2 is 2.23 bits per heavy atom. The van der Waals surface area contributed by atoms with Crippen LogP contribution in [0, 0.1) is 5.41 Å². The van der Waals surface area contributed by atoms with Crippen molar-refractivity contribution >= 4 is 5.78 Å². The number of phenolic OH excluding ortho intramolecular Hbond substituents is 1. The van der Waals surface area contributed by atoms with E-state index in [1.807, 2.05) is 6.07 Å². The summed E-state index contributed by atoms with van der Waals surface area (Å²) < 4.78 is 5.91. The number of hydrogen-bond donors (Lipinski definition) is 3. The fourth-order valence-electron chi connectivity index (χ4n) is 5.99. The number of carbonyl (C=O) groups excluding carboxylic acids is 1. The number of phenols is 1. The van der Waals surface area contributed by atoms with E-state index < -0.39 is 17.1 Å². The molecule has 2 bridgehead atoms. The van der Waals surface area contributed by atoms with Crippen molar-refractivity contribution in [2.45, 2.75) is 36.0 Å². The van der Waals surface area contributed by atoms with E-state index in [9.17, 15) is 15.0 Å². The van der Waals surface area contributed by atoms with Gasteiger partial charge in [0.15, 0.2) is 23.4 Å². The molecule has 5 atom stereocenters. The lowest BCUT2D eigenvalue weighted by Crippen LogP contribution is -2.69. The van der Waals surface area contributed by atoms with Gasteiger partial charge in [0.2, 0.25) is 0 Å². The molecule has 5 nitrogen and oxygen atoms in total. The molecule has 1 saturated carbocycles. The van der Waals surface area contributed by atoms with Crippen LogP contribution in [-0.2, 0) is 16.6 Å². The molecule has 2 spiro atoms. The number of ether oxygens (including phenoxy) is 1. The second-order valence-electron chi connectivity index (χ2n) is 7.51. The van der Waals surface area contributed by atoms with E-state index >= 15 is 0 Å². The average molecular weight is 297 g/mol. The lowest BCUT2D eigenvalue weighted by Gasteiger charge is -2.50. The van der Waals surface area contributed by atoms with Gasteiger partial charge in [-0.1, -0.05) is 6.07 Å². The quantitative estimate of drug-likeness (QED) is 0.637. The van der Waals surface area contributed by atoms with Gasteiger partial charge in [-0.25, -0.2) is 0 Å². The molecule has 3 aliphatic carbocycles. The highest BCUT2D eigenvalue weighted by Gasteiger charge is 2.80. The summed E-state index contributed by atoms with van der Waals surface area (Å²) in [6.45, 7) is 0.853. The van der Waals surface area contributed by atoms with Crippen molar-refractivity contribution in [1.29, 1.82) is 0 Å². The number of aliphatic hydroxyl groups is 1. The van der Waals surface area contributed by atoms with Gasteiger partial charge in [0.05, 0.1) is 5.41 Å². The Balaban J connectivity index is 1.79. The van der Waals surface area contributed by atoms with Gasteiger partial charge in [-0.15, -0.1) is 0 Å². The molecule has 22 heavy (non-hydrogen) atoms. The molecule has 2 fully saturated rings. The van der Waals surface area contributed by atoms with Crippen molar-refractivity contribution in [1.82, 2.24) is 5.32 Å². The third-order valence-electron chi connectivity index (χ3n) is 6.71. The van der Waals surface area contributed by atoms with Gasteiger partial charge in [0.1, 0.15) is 5.60 Å². The standard InChI is InChI=1S/C17H15NO4/c19-9-2-1-8-5-15-6-16-11(8)12(9)22-13(16)10(20)3-4-17(16,21)14(15)18-7-15/h1-4,13-14,18-19,21H,5-7H2/t13-,14+,15?,16-,17+/m0/s1. The van der Waals surface area contributed by atoms with Crippen molar-refractivity contribution in [2.24, 2.45) is 5.41 Å². The summed E-state index contributed by atoms with van der Waals surface area (Å²) in [5, 5.41) is 25.1. The summed E-state index contributed by atoms with van der Waals surface area (Å²) in [5.74, 6) is 0.333.